The van der Waals surface area contributed by atoms with Crippen LogP contribution in [-0.2, 0) is 0 Å². The van der Waals surface area contributed by atoms with Crippen molar-refractivity contribution in [2.75, 3.05) is 4.90 Å². The third-order valence-electron chi connectivity index (χ3n) is 11.4. The lowest BCUT2D eigenvalue weighted by molar-refractivity contribution is 0.669. The highest BCUT2D eigenvalue weighted by Gasteiger charge is 2.20. The fraction of sp³-hybridized carbons (Fsp3) is 0.0175. The summed E-state index contributed by atoms with van der Waals surface area (Å²) in [6, 6.07) is 80.4. The van der Waals surface area contributed by atoms with Gasteiger partial charge in [-0.1, -0.05) is 182 Å². The van der Waals surface area contributed by atoms with E-state index < -0.39 is 6.17 Å². The van der Waals surface area contributed by atoms with Gasteiger partial charge in [-0.2, -0.15) is 0 Å². The van der Waals surface area contributed by atoms with Gasteiger partial charge in [-0.3, -0.25) is 4.99 Å². The Morgan fingerprint density at radius 1 is 0.403 bits per heavy atom. The molecule has 1 aromatic heterocycles. The van der Waals surface area contributed by atoms with Gasteiger partial charge in [0.1, 0.15) is 11.2 Å². The fourth-order valence-electron chi connectivity index (χ4n) is 8.42. The van der Waals surface area contributed by atoms with Gasteiger partial charge in [-0.25, -0.2) is 0 Å². The van der Waals surface area contributed by atoms with E-state index in [2.05, 4.69) is 175 Å². The van der Waals surface area contributed by atoms with E-state index in [4.69, 9.17) is 19.7 Å². The monoisotopic (exact) mass is 795 g/mol. The molecule has 5 heteroatoms. The molecule has 1 unspecified atom stereocenters. The van der Waals surface area contributed by atoms with Crippen LogP contribution in [-0.4, -0.2) is 11.7 Å². The number of amidine groups is 2. The van der Waals surface area contributed by atoms with Crippen LogP contribution in [0.15, 0.2) is 245 Å². The lowest BCUT2D eigenvalue weighted by Crippen LogP contribution is -2.16. The molecular weight excluding hydrogens is 757 g/mol. The van der Waals surface area contributed by atoms with Gasteiger partial charge in [0, 0.05) is 27.8 Å². The minimum atomic E-state index is -0.445. The first kappa shape index (κ1) is 36.8. The van der Waals surface area contributed by atoms with E-state index in [1.807, 2.05) is 60.7 Å². The van der Waals surface area contributed by atoms with Gasteiger partial charge in [0.05, 0.1) is 12.0 Å². The molecule has 1 atom stereocenters. The SMILES string of the molecule is c1ccc(C2=NC(c3ccccc3)[N-]C(c3cc(-c4ccc(N(c5cccc(-c6ccccc6)c5)c5cccc(-c6ccccc6)c5)cc4)c4c(c3)oc3ccccc34)=N2)cc1. The summed E-state index contributed by atoms with van der Waals surface area (Å²) in [5.74, 6) is 1.25. The number of nitrogens with zero attached hydrogens (tertiary/aromatic N) is 4. The summed E-state index contributed by atoms with van der Waals surface area (Å²) in [6.07, 6.45) is -0.445. The minimum Gasteiger partial charge on any atom is -0.456 e. The molecule has 0 spiro atoms. The molecule has 0 aliphatic carbocycles. The summed E-state index contributed by atoms with van der Waals surface area (Å²) < 4.78 is 6.61. The van der Waals surface area contributed by atoms with Crippen LogP contribution in [0.1, 0.15) is 22.9 Å². The second-order valence-electron chi connectivity index (χ2n) is 15.4. The second kappa shape index (κ2) is 16.1. The van der Waals surface area contributed by atoms with Gasteiger partial charge in [-0.05, 0) is 105 Å². The molecule has 0 N–H and O–H groups in total. The molecule has 0 amide bonds. The topological polar surface area (TPSA) is 55.2 Å². The standard InChI is InChI=1S/C57H39N4O/c1-5-17-39(18-6-1)44-25-15-27-48(35-44)61(49-28-16-26-45(36-49)40-19-7-2-8-20-40)47-33-31-41(32-34-47)51-37-46(38-53-54(51)50-29-13-14-30-52(50)62-53)57-59-55(42-21-9-3-10-22-42)58-56(60-57)43-23-11-4-12-24-43/h1-38,55H/q-1. The largest absolute Gasteiger partial charge is 0.456 e. The van der Waals surface area contributed by atoms with Crippen LogP contribution < -0.4 is 4.90 Å². The van der Waals surface area contributed by atoms with Gasteiger partial charge >= 0.3 is 0 Å². The first-order chi connectivity index (χ1) is 30.7. The lowest BCUT2D eigenvalue weighted by Gasteiger charge is -2.32. The number of anilines is 3. The molecule has 62 heavy (non-hydrogen) atoms. The van der Waals surface area contributed by atoms with Crippen molar-refractivity contribution in [3.05, 3.63) is 253 Å². The van der Waals surface area contributed by atoms with Crippen molar-refractivity contribution < 1.29 is 4.42 Å². The summed E-state index contributed by atoms with van der Waals surface area (Å²) in [4.78, 5) is 12.5. The lowest BCUT2D eigenvalue weighted by atomic mass is 9.96. The second-order valence-corrected chi connectivity index (χ2v) is 15.4. The Bertz CT molecular complexity index is 3170. The number of para-hydroxylation sites is 1. The van der Waals surface area contributed by atoms with Gasteiger partial charge in [0.2, 0.25) is 0 Å². The molecule has 10 aromatic rings. The van der Waals surface area contributed by atoms with Gasteiger partial charge in [0.25, 0.3) is 0 Å². The van der Waals surface area contributed by atoms with Gasteiger partial charge in [0.15, 0.2) is 0 Å². The highest BCUT2D eigenvalue weighted by atomic mass is 16.3. The Morgan fingerprint density at radius 2 is 0.952 bits per heavy atom. The molecule has 5 nitrogen and oxygen atoms in total. The van der Waals surface area contributed by atoms with E-state index in [0.717, 1.165) is 77.9 Å². The highest BCUT2D eigenvalue weighted by Crippen LogP contribution is 2.43. The highest BCUT2D eigenvalue weighted by molar-refractivity contribution is 6.22. The number of hydrogen-bond acceptors (Lipinski definition) is 4. The van der Waals surface area contributed by atoms with Crippen LogP contribution in [0.2, 0.25) is 0 Å². The van der Waals surface area contributed by atoms with E-state index in [0.29, 0.717) is 11.7 Å². The Kier molecular flexibility index (Phi) is 9.52. The Labute approximate surface area is 360 Å². The molecular formula is C57H39N4O-. The zero-order valence-corrected chi connectivity index (χ0v) is 33.7. The first-order valence-corrected chi connectivity index (χ1v) is 20.9. The fourth-order valence-corrected chi connectivity index (χ4v) is 8.42. The van der Waals surface area contributed by atoms with E-state index in [1.165, 1.54) is 11.1 Å². The number of aliphatic imine (C=N–C) groups is 2. The molecule has 0 radical (unpaired) electrons. The zero-order chi connectivity index (χ0) is 41.2. The van der Waals surface area contributed by atoms with Gasteiger partial charge < -0.3 is 19.6 Å². The molecule has 0 bridgehead atoms. The van der Waals surface area contributed by atoms with Crippen molar-refractivity contribution in [3.8, 4) is 33.4 Å². The van der Waals surface area contributed by atoms with Crippen molar-refractivity contribution in [1.82, 2.24) is 0 Å². The first-order valence-electron chi connectivity index (χ1n) is 20.9. The van der Waals surface area contributed by atoms with E-state index in [1.54, 1.807) is 0 Å². The minimum absolute atomic E-state index is 0.445. The molecule has 0 saturated heterocycles. The zero-order valence-electron chi connectivity index (χ0n) is 33.7. The van der Waals surface area contributed by atoms with E-state index in [9.17, 15) is 0 Å². The number of rotatable bonds is 9. The third-order valence-corrected chi connectivity index (χ3v) is 11.4. The van der Waals surface area contributed by atoms with Crippen LogP contribution in [0.5, 0.6) is 0 Å². The Hall–Kier alpha value is -8.28. The van der Waals surface area contributed by atoms with Crippen LogP contribution >= 0.6 is 0 Å². The number of furan rings is 1. The molecule has 1 aliphatic heterocycles. The quantitative estimate of drug-likeness (QED) is 0.146. The maximum atomic E-state index is 6.61. The van der Waals surface area contributed by atoms with Crippen LogP contribution in [0.4, 0.5) is 17.1 Å². The average Bonchev–Trinajstić information content (AvgIpc) is 3.74. The van der Waals surface area contributed by atoms with E-state index in [-0.39, 0.29) is 0 Å². The Balaban J connectivity index is 1.05. The summed E-state index contributed by atoms with van der Waals surface area (Å²) in [6.45, 7) is 0. The maximum absolute atomic E-state index is 6.61. The van der Waals surface area contributed by atoms with Crippen LogP contribution in [0, 0.1) is 0 Å². The van der Waals surface area contributed by atoms with Crippen molar-refractivity contribution >= 4 is 50.7 Å². The van der Waals surface area contributed by atoms with Crippen LogP contribution in [0.3, 0.4) is 0 Å². The van der Waals surface area contributed by atoms with Crippen molar-refractivity contribution in [1.29, 1.82) is 0 Å². The summed E-state index contributed by atoms with van der Waals surface area (Å²) >= 11 is 0. The van der Waals surface area contributed by atoms with Gasteiger partial charge in [-0.15, -0.1) is 0 Å². The molecule has 1 aliphatic rings. The maximum Gasteiger partial charge on any atom is 0.136 e. The summed E-state index contributed by atoms with van der Waals surface area (Å²) in [7, 11) is 0. The number of hydrogen-bond donors (Lipinski definition) is 0. The van der Waals surface area contributed by atoms with Crippen molar-refractivity contribution in [3.63, 3.8) is 0 Å². The third kappa shape index (κ3) is 7.12. The Morgan fingerprint density at radius 3 is 1.58 bits per heavy atom. The molecule has 2 heterocycles. The molecule has 294 valence electrons. The predicted octanol–water partition coefficient (Wildman–Crippen LogP) is 15.3. The number of benzene rings is 9. The average molecular weight is 796 g/mol. The summed E-state index contributed by atoms with van der Waals surface area (Å²) in [5.41, 5.74) is 14.3. The number of fused-ring (bicyclic) bond motifs is 3. The predicted molar refractivity (Wildman–Crippen MR) is 257 cm³/mol. The molecule has 9 aromatic carbocycles. The summed E-state index contributed by atoms with van der Waals surface area (Å²) in [5, 5.41) is 7.28. The molecule has 0 fully saturated rings. The normalized spacial score (nSPS) is 13.6. The van der Waals surface area contributed by atoms with Crippen LogP contribution in [0.25, 0.3) is 60.6 Å². The smallest absolute Gasteiger partial charge is 0.136 e. The van der Waals surface area contributed by atoms with E-state index >= 15 is 0 Å². The van der Waals surface area contributed by atoms with Crippen molar-refractivity contribution in [2.24, 2.45) is 9.98 Å². The van der Waals surface area contributed by atoms with Crippen molar-refractivity contribution in [2.45, 2.75) is 6.17 Å². The molecule has 11 rings (SSSR count). The molecule has 0 saturated carbocycles.